The maximum Gasteiger partial charge on any atom is 0.193 e. The fourth-order valence-corrected chi connectivity index (χ4v) is 3.22. The van der Waals surface area contributed by atoms with Gasteiger partial charge in [0.1, 0.15) is 0 Å². The quantitative estimate of drug-likeness (QED) is 0.490. The molecule has 1 aromatic carbocycles. The molecule has 0 radical (unpaired) electrons. The van der Waals surface area contributed by atoms with E-state index in [-0.39, 0.29) is 0 Å². The SMILES string of the molecule is CN=C(NCCCc1nc(C)cs1)N(C)Cc1ccc(Cl)cc1. The summed E-state index contributed by atoms with van der Waals surface area (Å²) < 4.78 is 0. The van der Waals surface area contributed by atoms with Gasteiger partial charge in [0.2, 0.25) is 0 Å². The molecule has 0 amide bonds. The average Bonchev–Trinajstić information content (AvgIpc) is 2.95. The predicted octanol–water partition coefficient (Wildman–Crippen LogP) is 3.74. The van der Waals surface area contributed by atoms with Crippen molar-refractivity contribution in [1.82, 2.24) is 15.2 Å². The molecule has 4 nitrogen and oxygen atoms in total. The topological polar surface area (TPSA) is 40.5 Å². The fourth-order valence-electron chi connectivity index (χ4n) is 2.28. The summed E-state index contributed by atoms with van der Waals surface area (Å²) in [5.74, 6) is 0.898. The summed E-state index contributed by atoms with van der Waals surface area (Å²) in [5, 5.41) is 7.47. The fraction of sp³-hybridized carbons (Fsp3) is 0.412. The number of aromatic nitrogens is 1. The van der Waals surface area contributed by atoms with E-state index in [4.69, 9.17) is 11.6 Å². The van der Waals surface area contributed by atoms with Crippen LogP contribution in [0.15, 0.2) is 34.6 Å². The molecule has 0 atom stereocenters. The van der Waals surface area contributed by atoms with Gasteiger partial charge in [-0.1, -0.05) is 23.7 Å². The van der Waals surface area contributed by atoms with Crippen molar-refractivity contribution in [1.29, 1.82) is 0 Å². The standard InChI is InChI=1S/C17H23ClN4S/c1-13-12-23-16(21-13)5-4-10-20-17(19-2)22(3)11-14-6-8-15(18)9-7-14/h6-9,12H,4-5,10-11H2,1-3H3,(H,19,20). The lowest BCUT2D eigenvalue weighted by Gasteiger charge is -2.22. The van der Waals surface area contributed by atoms with E-state index >= 15 is 0 Å². The maximum atomic E-state index is 5.92. The number of nitrogens with zero attached hydrogens (tertiary/aromatic N) is 3. The summed E-state index contributed by atoms with van der Waals surface area (Å²) in [6.07, 6.45) is 2.05. The van der Waals surface area contributed by atoms with Gasteiger partial charge in [-0.3, -0.25) is 4.99 Å². The highest BCUT2D eigenvalue weighted by atomic mass is 35.5. The largest absolute Gasteiger partial charge is 0.356 e. The van der Waals surface area contributed by atoms with Crippen LogP contribution in [0.4, 0.5) is 0 Å². The molecule has 0 bridgehead atoms. The van der Waals surface area contributed by atoms with Crippen LogP contribution < -0.4 is 5.32 Å². The molecule has 1 heterocycles. The summed E-state index contributed by atoms with van der Waals surface area (Å²) >= 11 is 7.65. The lowest BCUT2D eigenvalue weighted by atomic mass is 10.2. The second-order valence-electron chi connectivity index (χ2n) is 5.44. The van der Waals surface area contributed by atoms with E-state index in [9.17, 15) is 0 Å². The molecule has 124 valence electrons. The zero-order valence-electron chi connectivity index (χ0n) is 13.8. The van der Waals surface area contributed by atoms with Gasteiger partial charge < -0.3 is 10.2 Å². The summed E-state index contributed by atoms with van der Waals surface area (Å²) in [5.41, 5.74) is 2.31. The normalized spacial score (nSPS) is 11.6. The first-order valence-corrected chi connectivity index (χ1v) is 8.91. The Morgan fingerprint density at radius 1 is 1.35 bits per heavy atom. The monoisotopic (exact) mass is 350 g/mol. The number of rotatable bonds is 6. The molecule has 1 N–H and O–H groups in total. The summed E-state index contributed by atoms with van der Waals surface area (Å²) in [6.45, 7) is 3.71. The minimum absolute atomic E-state index is 0.760. The summed E-state index contributed by atoms with van der Waals surface area (Å²) in [7, 11) is 3.85. The second-order valence-corrected chi connectivity index (χ2v) is 6.82. The van der Waals surface area contributed by atoms with Crippen LogP contribution in [-0.2, 0) is 13.0 Å². The molecule has 1 aromatic heterocycles. The minimum atomic E-state index is 0.760. The molecule has 0 spiro atoms. The van der Waals surface area contributed by atoms with Gasteiger partial charge in [-0.25, -0.2) is 4.98 Å². The summed E-state index contributed by atoms with van der Waals surface area (Å²) in [6, 6.07) is 7.90. The lowest BCUT2D eigenvalue weighted by Crippen LogP contribution is -2.39. The van der Waals surface area contributed by atoms with Crippen LogP contribution in [-0.4, -0.2) is 36.5 Å². The van der Waals surface area contributed by atoms with Crippen LogP contribution in [0.3, 0.4) is 0 Å². The maximum absolute atomic E-state index is 5.92. The minimum Gasteiger partial charge on any atom is -0.356 e. The molecule has 0 fully saturated rings. The van der Waals surface area contributed by atoms with Crippen LogP contribution in [0.1, 0.15) is 22.7 Å². The Morgan fingerprint density at radius 2 is 2.09 bits per heavy atom. The molecule has 0 saturated heterocycles. The van der Waals surface area contributed by atoms with E-state index in [0.717, 1.165) is 42.6 Å². The molecular formula is C17H23ClN4S. The van der Waals surface area contributed by atoms with Gasteiger partial charge in [-0.2, -0.15) is 0 Å². The number of benzene rings is 1. The third-order valence-electron chi connectivity index (χ3n) is 3.42. The first-order chi connectivity index (χ1) is 11.1. The van der Waals surface area contributed by atoms with Crippen LogP contribution in [0.25, 0.3) is 0 Å². The molecule has 0 aliphatic heterocycles. The number of halogens is 1. The van der Waals surface area contributed by atoms with Gasteiger partial charge in [0, 0.05) is 49.7 Å². The lowest BCUT2D eigenvalue weighted by molar-refractivity contribution is 0.476. The molecule has 23 heavy (non-hydrogen) atoms. The van der Waals surface area contributed by atoms with E-state index in [1.165, 1.54) is 10.6 Å². The Balaban J connectivity index is 1.76. The van der Waals surface area contributed by atoms with Crippen molar-refractivity contribution in [3.05, 3.63) is 50.9 Å². The number of aryl methyl sites for hydroxylation is 2. The van der Waals surface area contributed by atoms with Crippen molar-refractivity contribution in [3.63, 3.8) is 0 Å². The Labute approximate surface area is 147 Å². The Morgan fingerprint density at radius 3 is 2.70 bits per heavy atom. The van der Waals surface area contributed by atoms with Crippen molar-refractivity contribution in [3.8, 4) is 0 Å². The molecule has 0 aliphatic carbocycles. The highest BCUT2D eigenvalue weighted by Gasteiger charge is 2.06. The Hall–Kier alpha value is -1.59. The van der Waals surface area contributed by atoms with Crippen molar-refractivity contribution >= 4 is 28.9 Å². The third-order valence-corrected chi connectivity index (χ3v) is 4.70. The summed E-state index contributed by atoms with van der Waals surface area (Å²) in [4.78, 5) is 10.9. The van der Waals surface area contributed by atoms with Gasteiger partial charge >= 0.3 is 0 Å². The van der Waals surface area contributed by atoms with E-state index in [0.29, 0.717) is 0 Å². The average molecular weight is 351 g/mol. The Kier molecular flexibility index (Phi) is 6.86. The molecule has 0 aliphatic rings. The van der Waals surface area contributed by atoms with E-state index < -0.39 is 0 Å². The van der Waals surface area contributed by atoms with E-state index in [1.807, 2.05) is 45.3 Å². The van der Waals surface area contributed by atoms with Crippen LogP contribution >= 0.6 is 22.9 Å². The van der Waals surface area contributed by atoms with Gasteiger partial charge in [-0.15, -0.1) is 11.3 Å². The van der Waals surface area contributed by atoms with Crippen molar-refractivity contribution in [2.24, 2.45) is 4.99 Å². The van der Waals surface area contributed by atoms with Gasteiger partial charge in [0.25, 0.3) is 0 Å². The molecular weight excluding hydrogens is 328 g/mol. The molecule has 2 aromatic rings. The van der Waals surface area contributed by atoms with E-state index in [2.05, 4.69) is 25.6 Å². The van der Waals surface area contributed by atoms with Crippen molar-refractivity contribution < 1.29 is 0 Å². The predicted molar refractivity (Wildman–Crippen MR) is 99.5 cm³/mol. The van der Waals surface area contributed by atoms with Crippen LogP contribution in [0.2, 0.25) is 5.02 Å². The molecule has 0 saturated carbocycles. The zero-order chi connectivity index (χ0) is 16.7. The molecule has 2 rings (SSSR count). The number of nitrogens with one attached hydrogen (secondary N) is 1. The number of hydrogen-bond donors (Lipinski definition) is 1. The smallest absolute Gasteiger partial charge is 0.193 e. The van der Waals surface area contributed by atoms with Gasteiger partial charge in [-0.05, 0) is 31.0 Å². The van der Waals surface area contributed by atoms with Crippen LogP contribution in [0, 0.1) is 6.92 Å². The first-order valence-electron chi connectivity index (χ1n) is 7.65. The Bertz CT molecular complexity index is 636. The number of hydrogen-bond acceptors (Lipinski definition) is 3. The van der Waals surface area contributed by atoms with Crippen molar-refractivity contribution in [2.45, 2.75) is 26.3 Å². The first kappa shape index (κ1) is 17.8. The van der Waals surface area contributed by atoms with Crippen molar-refractivity contribution in [2.75, 3.05) is 20.6 Å². The molecule has 6 heteroatoms. The number of thiazole rings is 1. The highest BCUT2D eigenvalue weighted by Crippen LogP contribution is 2.12. The number of aliphatic imine (C=N–C) groups is 1. The van der Waals surface area contributed by atoms with Crippen LogP contribution in [0.5, 0.6) is 0 Å². The molecule has 0 unspecified atom stereocenters. The second kappa shape index (κ2) is 8.89. The highest BCUT2D eigenvalue weighted by molar-refractivity contribution is 7.09. The van der Waals surface area contributed by atoms with Gasteiger partial charge in [0.15, 0.2) is 5.96 Å². The zero-order valence-corrected chi connectivity index (χ0v) is 15.4. The van der Waals surface area contributed by atoms with E-state index in [1.54, 1.807) is 11.3 Å². The van der Waals surface area contributed by atoms with Gasteiger partial charge in [0.05, 0.1) is 5.01 Å². The number of guanidine groups is 1. The third kappa shape index (κ3) is 5.84.